The first-order valence-corrected chi connectivity index (χ1v) is 8.50. The second-order valence-corrected chi connectivity index (χ2v) is 8.30. The minimum Gasteiger partial charge on any atom is -0.478 e. The predicted octanol–water partition coefficient (Wildman–Crippen LogP) is 1.89. The molecule has 1 saturated heterocycles. The monoisotopic (exact) mass is 320 g/mol. The SMILES string of the molecule is CC(C)c1nn(C2(C)CCS(=O)(=O)C2)c(Cl)c1C(=O)O. The Morgan fingerprint density at radius 3 is 2.45 bits per heavy atom. The fourth-order valence-corrected chi connectivity index (χ4v) is 5.06. The molecular formula is C12H17ClN2O4S. The lowest BCUT2D eigenvalue weighted by Gasteiger charge is -2.23. The maximum atomic E-state index is 11.7. The number of halogens is 1. The lowest BCUT2D eigenvalue weighted by Crippen LogP contribution is -2.32. The molecule has 0 aliphatic carbocycles. The Kier molecular flexibility index (Phi) is 3.62. The molecule has 2 rings (SSSR count). The summed E-state index contributed by atoms with van der Waals surface area (Å²) in [6, 6.07) is 0. The van der Waals surface area contributed by atoms with Gasteiger partial charge in [-0.05, 0) is 19.3 Å². The van der Waals surface area contributed by atoms with Gasteiger partial charge < -0.3 is 5.11 Å². The standard InChI is InChI=1S/C12H17ClN2O4S/c1-7(2)9-8(11(16)17)10(13)15(14-9)12(3)4-5-20(18,19)6-12/h7H,4-6H2,1-3H3,(H,16,17). The fraction of sp³-hybridized carbons (Fsp3) is 0.667. The zero-order valence-electron chi connectivity index (χ0n) is 11.6. The summed E-state index contributed by atoms with van der Waals surface area (Å²) in [4.78, 5) is 11.4. The second-order valence-electron chi connectivity index (χ2n) is 5.76. The predicted molar refractivity (Wildman–Crippen MR) is 75.2 cm³/mol. The number of sulfone groups is 1. The van der Waals surface area contributed by atoms with Gasteiger partial charge >= 0.3 is 5.97 Å². The number of carbonyl (C=O) groups is 1. The number of nitrogens with zero attached hydrogens (tertiary/aromatic N) is 2. The van der Waals surface area contributed by atoms with Crippen LogP contribution in [0.15, 0.2) is 0 Å². The molecule has 1 atom stereocenters. The second kappa shape index (κ2) is 4.73. The number of rotatable bonds is 3. The summed E-state index contributed by atoms with van der Waals surface area (Å²) in [7, 11) is -3.13. The van der Waals surface area contributed by atoms with Gasteiger partial charge in [-0.2, -0.15) is 5.10 Å². The Bertz CT molecular complexity index is 665. The molecule has 8 heteroatoms. The minimum atomic E-state index is -3.13. The molecule has 1 unspecified atom stereocenters. The van der Waals surface area contributed by atoms with Crippen LogP contribution >= 0.6 is 11.6 Å². The molecule has 1 aromatic heterocycles. The summed E-state index contributed by atoms with van der Waals surface area (Å²) in [5, 5.41) is 13.6. The molecular weight excluding hydrogens is 304 g/mol. The molecule has 1 aliphatic heterocycles. The van der Waals surface area contributed by atoms with Crippen molar-refractivity contribution in [2.75, 3.05) is 11.5 Å². The summed E-state index contributed by atoms with van der Waals surface area (Å²) in [5.74, 6) is -1.26. The molecule has 0 radical (unpaired) electrons. The van der Waals surface area contributed by atoms with E-state index >= 15 is 0 Å². The van der Waals surface area contributed by atoms with Crippen LogP contribution in [0.3, 0.4) is 0 Å². The number of aromatic nitrogens is 2. The molecule has 1 aliphatic rings. The Morgan fingerprint density at radius 1 is 1.50 bits per heavy atom. The van der Waals surface area contributed by atoms with Gasteiger partial charge in [0, 0.05) is 0 Å². The normalized spacial score (nSPS) is 25.2. The molecule has 2 heterocycles. The van der Waals surface area contributed by atoms with Crippen LogP contribution in [0.4, 0.5) is 0 Å². The Morgan fingerprint density at radius 2 is 2.10 bits per heavy atom. The van der Waals surface area contributed by atoms with E-state index < -0.39 is 21.3 Å². The largest absolute Gasteiger partial charge is 0.478 e. The molecule has 0 amide bonds. The van der Waals surface area contributed by atoms with E-state index in [1.54, 1.807) is 6.92 Å². The van der Waals surface area contributed by atoms with E-state index in [0.717, 1.165) is 0 Å². The van der Waals surface area contributed by atoms with Gasteiger partial charge in [0.1, 0.15) is 10.7 Å². The summed E-state index contributed by atoms with van der Waals surface area (Å²) < 4.78 is 24.8. The highest BCUT2D eigenvalue weighted by molar-refractivity contribution is 7.91. The highest BCUT2D eigenvalue weighted by Gasteiger charge is 2.43. The van der Waals surface area contributed by atoms with Crippen molar-refractivity contribution in [2.45, 2.75) is 38.6 Å². The van der Waals surface area contributed by atoms with E-state index in [9.17, 15) is 18.3 Å². The van der Waals surface area contributed by atoms with E-state index in [-0.39, 0.29) is 28.1 Å². The van der Waals surface area contributed by atoms with Crippen molar-refractivity contribution in [3.05, 3.63) is 16.4 Å². The van der Waals surface area contributed by atoms with Gasteiger partial charge in [-0.3, -0.25) is 0 Å². The van der Waals surface area contributed by atoms with Crippen LogP contribution in [0.1, 0.15) is 49.2 Å². The number of hydrogen-bond acceptors (Lipinski definition) is 4. The number of hydrogen-bond donors (Lipinski definition) is 1. The maximum Gasteiger partial charge on any atom is 0.340 e. The van der Waals surface area contributed by atoms with E-state index in [1.807, 2.05) is 13.8 Å². The molecule has 1 fully saturated rings. The molecule has 0 bridgehead atoms. The van der Waals surface area contributed by atoms with Crippen LogP contribution in [0.25, 0.3) is 0 Å². The van der Waals surface area contributed by atoms with Crippen LogP contribution in [0.2, 0.25) is 5.15 Å². The fourth-order valence-electron chi connectivity index (χ4n) is 2.53. The van der Waals surface area contributed by atoms with Gasteiger partial charge in [0.25, 0.3) is 0 Å². The van der Waals surface area contributed by atoms with Crippen molar-refractivity contribution in [2.24, 2.45) is 0 Å². The van der Waals surface area contributed by atoms with Gasteiger partial charge in [-0.15, -0.1) is 0 Å². The van der Waals surface area contributed by atoms with Crippen molar-refractivity contribution < 1.29 is 18.3 Å². The molecule has 0 aromatic carbocycles. The molecule has 1 N–H and O–H groups in total. The van der Waals surface area contributed by atoms with Crippen LogP contribution in [0.5, 0.6) is 0 Å². The third-order valence-electron chi connectivity index (χ3n) is 3.61. The first-order chi connectivity index (χ1) is 9.07. The Hall–Kier alpha value is -1.08. The van der Waals surface area contributed by atoms with Crippen molar-refractivity contribution in [3.8, 4) is 0 Å². The summed E-state index contributed by atoms with van der Waals surface area (Å²) in [6.07, 6.45) is 0.382. The molecule has 6 nitrogen and oxygen atoms in total. The van der Waals surface area contributed by atoms with Crippen LogP contribution in [-0.4, -0.2) is 40.8 Å². The third-order valence-corrected chi connectivity index (χ3v) is 5.85. The lowest BCUT2D eigenvalue weighted by atomic mass is 10.0. The molecule has 0 saturated carbocycles. The average molecular weight is 321 g/mol. The zero-order valence-corrected chi connectivity index (χ0v) is 13.1. The molecule has 112 valence electrons. The van der Waals surface area contributed by atoms with Crippen molar-refractivity contribution in [3.63, 3.8) is 0 Å². The first kappa shape index (κ1) is 15.3. The summed E-state index contributed by atoms with van der Waals surface area (Å²) in [5.41, 5.74) is -0.437. The summed E-state index contributed by atoms with van der Waals surface area (Å²) >= 11 is 6.16. The Labute approximate surface area is 122 Å². The maximum absolute atomic E-state index is 11.7. The number of aromatic carboxylic acids is 1. The van der Waals surface area contributed by atoms with Gasteiger partial charge in [-0.1, -0.05) is 25.4 Å². The van der Waals surface area contributed by atoms with Gasteiger partial charge in [0.05, 0.1) is 22.7 Å². The van der Waals surface area contributed by atoms with E-state index in [2.05, 4.69) is 5.10 Å². The molecule has 1 aromatic rings. The smallest absolute Gasteiger partial charge is 0.340 e. The van der Waals surface area contributed by atoms with E-state index in [4.69, 9.17) is 11.6 Å². The van der Waals surface area contributed by atoms with E-state index in [0.29, 0.717) is 12.1 Å². The van der Waals surface area contributed by atoms with Crippen LogP contribution in [0, 0.1) is 0 Å². The highest BCUT2D eigenvalue weighted by atomic mass is 35.5. The quantitative estimate of drug-likeness (QED) is 0.918. The van der Waals surface area contributed by atoms with Crippen molar-refractivity contribution in [1.29, 1.82) is 0 Å². The van der Waals surface area contributed by atoms with Crippen LogP contribution in [-0.2, 0) is 15.4 Å². The van der Waals surface area contributed by atoms with Crippen molar-refractivity contribution >= 4 is 27.4 Å². The number of carboxylic acid groups (broad SMARTS) is 1. The minimum absolute atomic E-state index is 0.000741. The summed E-state index contributed by atoms with van der Waals surface area (Å²) in [6.45, 7) is 5.39. The molecule has 0 spiro atoms. The van der Waals surface area contributed by atoms with Crippen LogP contribution < -0.4 is 0 Å². The first-order valence-electron chi connectivity index (χ1n) is 6.30. The van der Waals surface area contributed by atoms with Crippen molar-refractivity contribution in [1.82, 2.24) is 9.78 Å². The van der Waals surface area contributed by atoms with E-state index in [1.165, 1.54) is 4.68 Å². The third kappa shape index (κ3) is 2.44. The number of carboxylic acids is 1. The van der Waals surface area contributed by atoms with Gasteiger partial charge in [0.15, 0.2) is 9.84 Å². The highest BCUT2D eigenvalue weighted by Crippen LogP contribution is 2.36. The Balaban J connectivity index is 2.60. The van der Waals surface area contributed by atoms with Gasteiger partial charge in [-0.25, -0.2) is 17.9 Å². The van der Waals surface area contributed by atoms with Gasteiger partial charge in [0.2, 0.25) is 0 Å². The lowest BCUT2D eigenvalue weighted by molar-refractivity contribution is 0.0695. The molecule has 20 heavy (non-hydrogen) atoms. The average Bonchev–Trinajstić information content (AvgIpc) is 2.77. The zero-order chi connectivity index (χ0) is 15.3. The topological polar surface area (TPSA) is 89.3 Å².